The number of carbonyl (C=O) groups excluding carboxylic acids is 2. The van der Waals surface area contributed by atoms with Crippen LogP contribution in [0.3, 0.4) is 0 Å². The summed E-state index contributed by atoms with van der Waals surface area (Å²) in [5.74, 6) is -2.20. The number of aromatic carboxylic acids is 1. The van der Waals surface area contributed by atoms with Crippen molar-refractivity contribution in [1.82, 2.24) is 14.6 Å². The van der Waals surface area contributed by atoms with Gasteiger partial charge in [-0.05, 0) is 24.6 Å². The smallest absolute Gasteiger partial charge is 0.356 e. The minimum absolute atomic E-state index is 0.00769. The Morgan fingerprint density at radius 2 is 1.69 bits per heavy atom. The topological polar surface area (TPSA) is 146 Å². The van der Waals surface area contributed by atoms with Crippen LogP contribution in [-0.4, -0.2) is 51.8 Å². The van der Waals surface area contributed by atoms with Crippen LogP contribution in [0.25, 0.3) is 5.65 Å². The molecule has 0 bridgehead atoms. The Labute approximate surface area is 165 Å². The van der Waals surface area contributed by atoms with E-state index in [1.165, 1.54) is 31.0 Å². The molecule has 0 amide bonds. The van der Waals surface area contributed by atoms with Crippen molar-refractivity contribution in [2.75, 3.05) is 14.2 Å². The number of benzene rings is 1. The molecule has 0 spiro atoms. The number of carboxylic acids is 1. The van der Waals surface area contributed by atoms with Crippen LogP contribution in [0.4, 0.5) is 0 Å². The van der Waals surface area contributed by atoms with Gasteiger partial charge in [-0.3, -0.25) is 0 Å². The number of hydrogen-bond donors (Lipinski definition) is 2. The zero-order chi connectivity index (χ0) is 21.6. The van der Waals surface area contributed by atoms with E-state index in [1.54, 1.807) is 12.1 Å². The highest BCUT2D eigenvalue weighted by Crippen LogP contribution is 2.11. The molecule has 0 radical (unpaired) electrons. The third-order valence-corrected chi connectivity index (χ3v) is 3.83. The number of methoxy groups -OCH3 is 2. The van der Waals surface area contributed by atoms with Gasteiger partial charge < -0.3 is 20.3 Å². The van der Waals surface area contributed by atoms with Crippen molar-refractivity contribution in [3.8, 4) is 0 Å². The maximum atomic E-state index is 11.4. The van der Waals surface area contributed by atoms with Gasteiger partial charge in [-0.15, -0.1) is 0 Å². The van der Waals surface area contributed by atoms with Crippen molar-refractivity contribution in [3.05, 3.63) is 65.1 Å². The highest BCUT2D eigenvalue weighted by Gasteiger charge is 2.16. The average molecular weight is 400 g/mol. The molecule has 1 atom stereocenters. The number of nitrogens with zero attached hydrogens (tertiary/aromatic N) is 3. The molecule has 2 heterocycles. The lowest BCUT2D eigenvalue weighted by atomic mass is 10.1. The van der Waals surface area contributed by atoms with Gasteiger partial charge in [-0.1, -0.05) is 12.1 Å². The predicted octanol–water partition coefficient (Wildman–Crippen LogP) is 1.71. The van der Waals surface area contributed by atoms with Gasteiger partial charge in [-0.2, -0.15) is 5.10 Å². The summed E-state index contributed by atoms with van der Waals surface area (Å²) in [5, 5.41) is 12.7. The summed E-state index contributed by atoms with van der Waals surface area (Å²) >= 11 is 0. The quantitative estimate of drug-likeness (QED) is 0.625. The first-order valence-electron chi connectivity index (χ1n) is 8.38. The number of aromatic nitrogens is 3. The molecule has 0 saturated carbocycles. The zero-order valence-electron chi connectivity index (χ0n) is 16.0. The van der Waals surface area contributed by atoms with E-state index in [1.807, 2.05) is 19.1 Å². The lowest BCUT2D eigenvalue weighted by Crippen LogP contribution is -2.13. The molecule has 2 aromatic heterocycles. The Morgan fingerprint density at radius 3 is 2.21 bits per heavy atom. The van der Waals surface area contributed by atoms with Gasteiger partial charge in [0, 0.05) is 18.2 Å². The summed E-state index contributed by atoms with van der Waals surface area (Å²) < 4.78 is 10.3. The van der Waals surface area contributed by atoms with E-state index >= 15 is 0 Å². The number of esters is 2. The summed E-state index contributed by atoms with van der Waals surface area (Å²) in [6.45, 7) is 1.90. The zero-order valence-corrected chi connectivity index (χ0v) is 16.0. The van der Waals surface area contributed by atoms with Crippen molar-refractivity contribution in [2.45, 2.75) is 13.0 Å². The minimum atomic E-state index is -1.21. The second-order valence-corrected chi connectivity index (χ2v) is 5.83. The summed E-state index contributed by atoms with van der Waals surface area (Å²) in [4.78, 5) is 37.0. The normalized spacial score (nSPS) is 11.2. The Balaban J connectivity index is 0.000000212. The van der Waals surface area contributed by atoms with Crippen LogP contribution in [-0.2, 0) is 9.47 Å². The maximum absolute atomic E-state index is 11.4. The van der Waals surface area contributed by atoms with E-state index < -0.39 is 11.9 Å². The molecule has 1 aromatic carbocycles. The van der Waals surface area contributed by atoms with Crippen LogP contribution in [0, 0.1) is 0 Å². The summed E-state index contributed by atoms with van der Waals surface area (Å²) in [5.41, 5.74) is 7.28. The first kappa shape index (κ1) is 21.5. The van der Waals surface area contributed by atoms with Crippen LogP contribution in [0.15, 0.2) is 42.6 Å². The molecule has 3 rings (SSSR count). The van der Waals surface area contributed by atoms with Gasteiger partial charge in [0.05, 0.1) is 26.0 Å². The van der Waals surface area contributed by atoms with Crippen molar-refractivity contribution in [3.63, 3.8) is 0 Å². The Hall–Kier alpha value is -3.79. The molecule has 0 aliphatic rings. The molecule has 0 unspecified atom stereocenters. The lowest BCUT2D eigenvalue weighted by Gasteiger charge is -2.05. The molecule has 0 saturated heterocycles. The van der Waals surface area contributed by atoms with Crippen molar-refractivity contribution >= 4 is 23.6 Å². The van der Waals surface area contributed by atoms with Crippen LogP contribution in [0.2, 0.25) is 0 Å². The van der Waals surface area contributed by atoms with Crippen LogP contribution < -0.4 is 5.73 Å². The van der Waals surface area contributed by atoms with Crippen LogP contribution in [0.1, 0.15) is 49.9 Å². The molecule has 10 nitrogen and oxygen atoms in total. The van der Waals surface area contributed by atoms with Gasteiger partial charge in [0.2, 0.25) is 0 Å². The number of hydrogen-bond acceptors (Lipinski definition) is 8. The summed E-state index contributed by atoms with van der Waals surface area (Å²) in [6.07, 6.45) is 1.42. The Morgan fingerprint density at radius 1 is 1.07 bits per heavy atom. The molecule has 3 N–H and O–H groups in total. The molecule has 0 aliphatic heterocycles. The number of rotatable bonds is 4. The molecular weight excluding hydrogens is 380 g/mol. The third-order valence-electron chi connectivity index (χ3n) is 3.83. The molecule has 10 heteroatoms. The molecular formula is C19H20N4O6. The summed E-state index contributed by atoms with van der Waals surface area (Å²) in [6, 6.07) is 9.70. The largest absolute Gasteiger partial charge is 0.477 e. The highest BCUT2D eigenvalue weighted by molar-refractivity contribution is 5.93. The van der Waals surface area contributed by atoms with Crippen molar-refractivity contribution in [1.29, 1.82) is 0 Å². The van der Waals surface area contributed by atoms with Crippen LogP contribution in [0.5, 0.6) is 0 Å². The first-order chi connectivity index (χ1) is 13.8. The van der Waals surface area contributed by atoms with Crippen molar-refractivity contribution < 1.29 is 29.0 Å². The van der Waals surface area contributed by atoms with E-state index in [9.17, 15) is 14.4 Å². The second-order valence-electron chi connectivity index (χ2n) is 5.83. The van der Waals surface area contributed by atoms with E-state index in [4.69, 9.17) is 10.8 Å². The monoisotopic (exact) mass is 400 g/mol. The Bertz CT molecular complexity index is 1030. The number of carbonyl (C=O) groups is 3. The van der Waals surface area contributed by atoms with Gasteiger partial charge in [0.1, 0.15) is 0 Å². The standard InChI is InChI=1S/C10H13NO2.C9H7N3O4/c1-7(11)8-3-5-9(6-4-8)10(12)13-2;1-16-9(15)6-4-5(8(13)14)11-7-2-3-10-12(6)7/h3-7H,11H2,1-2H3;2-4H,1H3,(H,13,14)/t7-;/m0./s1. The van der Waals surface area contributed by atoms with E-state index in [0.717, 1.165) is 11.6 Å². The van der Waals surface area contributed by atoms with Gasteiger partial charge in [-0.25, -0.2) is 23.9 Å². The van der Waals surface area contributed by atoms with Crippen molar-refractivity contribution in [2.24, 2.45) is 5.73 Å². The predicted molar refractivity (Wildman–Crippen MR) is 102 cm³/mol. The van der Waals surface area contributed by atoms with Gasteiger partial charge in [0.25, 0.3) is 0 Å². The molecule has 0 fully saturated rings. The molecule has 152 valence electrons. The number of fused-ring (bicyclic) bond motifs is 1. The molecule has 29 heavy (non-hydrogen) atoms. The maximum Gasteiger partial charge on any atom is 0.356 e. The number of nitrogens with two attached hydrogens (primary N) is 1. The number of carboxylic acid groups (broad SMARTS) is 1. The number of ether oxygens (including phenoxy) is 2. The van der Waals surface area contributed by atoms with Crippen LogP contribution >= 0.6 is 0 Å². The average Bonchev–Trinajstić information content (AvgIpc) is 3.21. The second kappa shape index (κ2) is 9.42. The molecule has 0 aliphatic carbocycles. The minimum Gasteiger partial charge on any atom is -0.477 e. The van der Waals surface area contributed by atoms with E-state index in [2.05, 4.69) is 19.6 Å². The fraction of sp³-hybridized carbons (Fsp3) is 0.211. The fourth-order valence-electron chi connectivity index (χ4n) is 2.31. The SMILES string of the molecule is COC(=O)c1cc(C(=O)O)nc2ccnn12.COC(=O)c1ccc([C@H](C)N)cc1. The fourth-order valence-corrected chi connectivity index (χ4v) is 2.31. The van der Waals surface area contributed by atoms with E-state index in [0.29, 0.717) is 5.56 Å². The van der Waals surface area contributed by atoms with Gasteiger partial charge >= 0.3 is 17.9 Å². The van der Waals surface area contributed by atoms with E-state index in [-0.39, 0.29) is 29.0 Å². The third kappa shape index (κ3) is 5.14. The first-order valence-corrected chi connectivity index (χ1v) is 8.38. The molecule has 3 aromatic rings. The van der Waals surface area contributed by atoms with Gasteiger partial charge in [0.15, 0.2) is 17.0 Å². The summed E-state index contributed by atoms with van der Waals surface area (Å²) in [7, 11) is 2.57. The highest BCUT2D eigenvalue weighted by atomic mass is 16.5. The lowest BCUT2D eigenvalue weighted by molar-refractivity contribution is 0.0585. The Kier molecular flexibility index (Phi) is 6.99.